The molecule has 30 heavy (non-hydrogen) atoms. The second-order valence-electron chi connectivity index (χ2n) is 7.39. The summed E-state index contributed by atoms with van der Waals surface area (Å²) in [7, 11) is 0. The topological polar surface area (TPSA) is 69.7 Å². The van der Waals surface area contributed by atoms with Gasteiger partial charge in [0.25, 0.3) is 11.8 Å². The van der Waals surface area contributed by atoms with Crippen LogP contribution in [0.5, 0.6) is 0 Å². The minimum atomic E-state index is -0.238. The van der Waals surface area contributed by atoms with Gasteiger partial charge in [-0.15, -0.1) is 11.3 Å². The molecule has 0 aliphatic carbocycles. The molecule has 1 N–H and O–H groups in total. The van der Waals surface area contributed by atoms with Gasteiger partial charge in [0, 0.05) is 48.8 Å². The predicted octanol–water partition coefficient (Wildman–Crippen LogP) is 3.54. The van der Waals surface area contributed by atoms with Crippen LogP contribution in [0.25, 0.3) is 0 Å². The van der Waals surface area contributed by atoms with Crippen LogP contribution >= 0.6 is 39.0 Å². The van der Waals surface area contributed by atoms with Crippen molar-refractivity contribution in [3.8, 4) is 0 Å². The molecule has 6 nitrogen and oxygen atoms in total. The fraction of sp³-hybridized carbons (Fsp3) is 0.381. The van der Waals surface area contributed by atoms with E-state index in [9.17, 15) is 14.4 Å². The molecule has 1 atom stereocenters. The summed E-state index contributed by atoms with van der Waals surface area (Å²) in [5.41, 5.74) is 2.31. The maximum atomic E-state index is 12.8. The Morgan fingerprint density at radius 3 is 2.60 bits per heavy atom. The number of carbonyl (C=O) groups excluding carboxylic acids is 3. The molecule has 2 saturated heterocycles. The smallest absolute Gasteiger partial charge is 0.261 e. The van der Waals surface area contributed by atoms with E-state index in [2.05, 4.69) is 21.2 Å². The Bertz CT molecular complexity index is 988. The number of amides is 3. The molecule has 9 heteroatoms. The lowest BCUT2D eigenvalue weighted by atomic mass is 10.1. The second kappa shape index (κ2) is 9.11. The molecule has 0 spiro atoms. The van der Waals surface area contributed by atoms with Crippen molar-refractivity contribution in [2.45, 2.75) is 19.4 Å². The summed E-state index contributed by atoms with van der Waals surface area (Å²) in [6, 6.07) is 8.90. The molecular formula is C21H22BrN3O3S2. The van der Waals surface area contributed by atoms with Gasteiger partial charge in [-0.2, -0.15) is 11.8 Å². The Balaban J connectivity index is 1.43. The van der Waals surface area contributed by atoms with Gasteiger partial charge in [0.05, 0.1) is 14.7 Å². The van der Waals surface area contributed by atoms with Gasteiger partial charge in [0.15, 0.2) is 0 Å². The van der Waals surface area contributed by atoms with E-state index in [1.54, 1.807) is 11.0 Å². The number of rotatable bonds is 4. The average molecular weight is 508 g/mol. The van der Waals surface area contributed by atoms with Crippen molar-refractivity contribution in [1.29, 1.82) is 0 Å². The Hall–Kier alpha value is -1.84. The van der Waals surface area contributed by atoms with Gasteiger partial charge < -0.3 is 15.1 Å². The predicted molar refractivity (Wildman–Crippen MR) is 125 cm³/mol. The number of thioether (sulfide) groups is 1. The lowest BCUT2D eigenvalue weighted by Gasteiger charge is -2.27. The van der Waals surface area contributed by atoms with Crippen molar-refractivity contribution in [3.05, 3.63) is 50.1 Å². The molecule has 1 unspecified atom stereocenters. The summed E-state index contributed by atoms with van der Waals surface area (Å²) >= 11 is 6.59. The van der Waals surface area contributed by atoms with Gasteiger partial charge in [-0.1, -0.05) is 0 Å². The minimum Gasteiger partial charge on any atom is -0.346 e. The number of hydrogen-bond acceptors (Lipinski definition) is 5. The number of halogens is 1. The quantitative estimate of drug-likeness (QED) is 0.686. The van der Waals surface area contributed by atoms with Crippen LogP contribution in [-0.2, 0) is 4.79 Å². The van der Waals surface area contributed by atoms with Crippen LogP contribution in [0, 0.1) is 6.92 Å². The number of thiophene rings is 1. The number of nitrogens with zero attached hydrogens (tertiary/aromatic N) is 2. The molecule has 1 aromatic heterocycles. The standard InChI is InChI=1S/C21H22BrN3O3S2/c1-13-10-15(2-3-16(13)21(28)24-6-8-29-9-7-24)25-12-14(11-19(25)26)23-20(27)17-4-5-18(22)30-17/h2-5,10,14H,6-9,11-12H2,1H3,(H,23,27). The van der Waals surface area contributed by atoms with Gasteiger partial charge in [-0.25, -0.2) is 0 Å². The Morgan fingerprint density at radius 2 is 1.93 bits per heavy atom. The van der Waals surface area contributed by atoms with E-state index in [0.717, 1.165) is 39.6 Å². The van der Waals surface area contributed by atoms with Crippen LogP contribution in [0.15, 0.2) is 34.1 Å². The summed E-state index contributed by atoms with van der Waals surface area (Å²) in [6.07, 6.45) is 0.267. The first-order valence-electron chi connectivity index (χ1n) is 9.76. The van der Waals surface area contributed by atoms with E-state index in [1.165, 1.54) is 11.3 Å². The van der Waals surface area contributed by atoms with Crippen molar-refractivity contribution in [2.24, 2.45) is 0 Å². The summed E-state index contributed by atoms with van der Waals surface area (Å²) in [5.74, 6) is 1.81. The second-order valence-corrected chi connectivity index (χ2v) is 11.1. The molecule has 4 rings (SSSR count). The summed E-state index contributed by atoms with van der Waals surface area (Å²) in [4.78, 5) is 42.0. The lowest BCUT2D eigenvalue weighted by Crippen LogP contribution is -2.38. The van der Waals surface area contributed by atoms with Gasteiger partial charge in [0.1, 0.15) is 0 Å². The first kappa shape index (κ1) is 21.4. The molecule has 2 aliphatic rings. The molecular weight excluding hydrogens is 486 g/mol. The third-order valence-corrected chi connectivity index (χ3v) is 7.87. The van der Waals surface area contributed by atoms with Crippen LogP contribution in [-0.4, -0.2) is 59.8 Å². The van der Waals surface area contributed by atoms with Gasteiger partial charge in [0.2, 0.25) is 5.91 Å². The van der Waals surface area contributed by atoms with Crippen molar-refractivity contribution in [2.75, 3.05) is 36.0 Å². The SMILES string of the molecule is Cc1cc(N2CC(NC(=O)c3ccc(Br)s3)CC2=O)ccc1C(=O)N1CCSCC1. The fourth-order valence-corrected chi connectivity index (χ4v) is 5.93. The highest BCUT2D eigenvalue weighted by Gasteiger charge is 2.32. The molecule has 2 fully saturated rings. The lowest BCUT2D eigenvalue weighted by molar-refractivity contribution is -0.117. The van der Waals surface area contributed by atoms with Gasteiger partial charge >= 0.3 is 0 Å². The minimum absolute atomic E-state index is 0.0285. The zero-order valence-corrected chi connectivity index (χ0v) is 19.7. The highest BCUT2D eigenvalue weighted by Crippen LogP contribution is 2.26. The maximum absolute atomic E-state index is 12.8. The Labute approximate surface area is 192 Å². The summed E-state index contributed by atoms with van der Waals surface area (Å²) in [6.45, 7) is 3.88. The third-order valence-electron chi connectivity index (χ3n) is 5.31. The third kappa shape index (κ3) is 4.58. The molecule has 0 saturated carbocycles. The molecule has 2 aromatic rings. The largest absolute Gasteiger partial charge is 0.346 e. The van der Waals surface area contributed by atoms with Gasteiger partial charge in [-0.3, -0.25) is 14.4 Å². The molecule has 2 aliphatic heterocycles. The molecule has 3 heterocycles. The van der Waals surface area contributed by atoms with Crippen molar-refractivity contribution in [3.63, 3.8) is 0 Å². The van der Waals surface area contributed by atoms with Crippen LogP contribution in [0.4, 0.5) is 5.69 Å². The number of anilines is 1. The van der Waals surface area contributed by atoms with Crippen LogP contribution in [0.1, 0.15) is 32.0 Å². The number of nitrogens with one attached hydrogen (secondary N) is 1. The fourth-order valence-electron chi connectivity index (χ4n) is 3.74. The van der Waals surface area contributed by atoms with Crippen LogP contribution in [0.3, 0.4) is 0 Å². The molecule has 3 amide bonds. The molecule has 0 bridgehead atoms. The van der Waals surface area contributed by atoms with E-state index in [1.807, 2.05) is 47.9 Å². The van der Waals surface area contributed by atoms with E-state index >= 15 is 0 Å². The summed E-state index contributed by atoms with van der Waals surface area (Å²) < 4.78 is 0.894. The Kier molecular flexibility index (Phi) is 6.50. The number of benzene rings is 1. The maximum Gasteiger partial charge on any atom is 0.261 e. The number of aryl methyl sites for hydroxylation is 1. The molecule has 1 aromatic carbocycles. The Morgan fingerprint density at radius 1 is 1.17 bits per heavy atom. The number of hydrogen-bond donors (Lipinski definition) is 1. The van der Waals surface area contributed by atoms with Crippen molar-refractivity contribution < 1.29 is 14.4 Å². The van der Waals surface area contributed by atoms with E-state index in [4.69, 9.17) is 0 Å². The van der Waals surface area contributed by atoms with Crippen molar-refractivity contribution in [1.82, 2.24) is 10.2 Å². The zero-order valence-electron chi connectivity index (χ0n) is 16.5. The normalized spacial score (nSPS) is 19.3. The summed E-state index contributed by atoms with van der Waals surface area (Å²) in [5, 5.41) is 2.95. The number of carbonyl (C=O) groups is 3. The van der Waals surface area contributed by atoms with Crippen molar-refractivity contribution >= 4 is 62.4 Å². The first-order valence-corrected chi connectivity index (χ1v) is 12.5. The zero-order chi connectivity index (χ0) is 21.3. The monoisotopic (exact) mass is 507 g/mol. The van der Waals surface area contributed by atoms with Crippen LogP contribution in [0.2, 0.25) is 0 Å². The molecule has 0 radical (unpaired) electrons. The van der Waals surface area contributed by atoms with Gasteiger partial charge in [-0.05, 0) is 58.7 Å². The van der Waals surface area contributed by atoms with Crippen LogP contribution < -0.4 is 10.2 Å². The average Bonchev–Trinajstić information content (AvgIpc) is 3.33. The molecule has 158 valence electrons. The van der Waals surface area contributed by atoms with E-state index in [0.29, 0.717) is 17.0 Å². The van der Waals surface area contributed by atoms with E-state index in [-0.39, 0.29) is 30.2 Å². The highest BCUT2D eigenvalue weighted by atomic mass is 79.9. The van der Waals surface area contributed by atoms with E-state index < -0.39 is 0 Å². The first-order chi connectivity index (χ1) is 14.4. The highest BCUT2D eigenvalue weighted by molar-refractivity contribution is 9.11.